The summed E-state index contributed by atoms with van der Waals surface area (Å²) in [6.45, 7) is 5.54. The third-order valence-electron chi connectivity index (χ3n) is 3.50. The Bertz CT molecular complexity index is 391. The Kier molecular flexibility index (Phi) is 7.41. The van der Waals surface area contributed by atoms with Gasteiger partial charge >= 0.3 is 0 Å². The van der Waals surface area contributed by atoms with Crippen LogP contribution in [0.25, 0.3) is 0 Å². The third kappa shape index (κ3) is 4.69. The van der Waals surface area contributed by atoms with Gasteiger partial charge in [-0.25, -0.2) is 0 Å². The van der Waals surface area contributed by atoms with E-state index in [9.17, 15) is 5.11 Å². The molecule has 4 heteroatoms. The number of ether oxygens (including phenoxy) is 2. The van der Waals surface area contributed by atoms with Gasteiger partial charge in [0.15, 0.2) is 11.5 Å². The van der Waals surface area contributed by atoms with Crippen LogP contribution in [0.3, 0.4) is 0 Å². The maximum atomic E-state index is 9.24. The first-order valence-electron chi connectivity index (χ1n) is 7.27. The summed E-state index contributed by atoms with van der Waals surface area (Å²) in [5, 5.41) is 9.24. The van der Waals surface area contributed by atoms with Gasteiger partial charge < -0.3 is 20.3 Å². The predicted molar refractivity (Wildman–Crippen MR) is 81.4 cm³/mol. The molecule has 0 aliphatic rings. The van der Waals surface area contributed by atoms with E-state index in [0.29, 0.717) is 19.1 Å². The Morgan fingerprint density at radius 2 is 2.05 bits per heavy atom. The monoisotopic (exact) mass is 281 g/mol. The fourth-order valence-corrected chi connectivity index (χ4v) is 2.20. The Hall–Kier alpha value is -1.26. The van der Waals surface area contributed by atoms with E-state index in [4.69, 9.17) is 15.2 Å². The largest absolute Gasteiger partial charge is 0.493 e. The molecule has 0 amide bonds. The minimum absolute atomic E-state index is 0.135. The van der Waals surface area contributed by atoms with E-state index >= 15 is 0 Å². The molecule has 0 saturated carbocycles. The zero-order valence-electron chi connectivity index (χ0n) is 12.8. The van der Waals surface area contributed by atoms with Gasteiger partial charge in [-0.3, -0.25) is 0 Å². The summed E-state index contributed by atoms with van der Waals surface area (Å²) in [7, 11) is 1.65. The first-order chi connectivity index (χ1) is 9.65. The van der Waals surface area contributed by atoms with Crippen LogP contribution < -0.4 is 15.2 Å². The van der Waals surface area contributed by atoms with Gasteiger partial charge in [0.1, 0.15) is 0 Å². The molecule has 0 aliphatic carbocycles. The van der Waals surface area contributed by atoms with Gasteiger partial charge in [0.25, 0.3) is 0 Å². The van der Waals surface area contributed by atoms with Gasteiger partial charge in [0.05, 0.1) is 13.7 Å². The number of aliphatic hydroxyl groups is 1. The smallest absolute Gasteiger partial charge is 0.161 e. The zero-order valence-corrected chi connectivity index (χ0v) is 12.8. The average molecular weight is 281 g/mol. The molecule has 0 spiro atoms. The molecule has 20 heavy (non-hydrogen) atoms. The van der Waals surface area contributed by atoms with Crippen LogP contribution in [0.1, 0.15) is 38.2 Å². The number of nitrogens with two attached hydrogens (primary N) is 1. The molecule has 1 aromatic rings. The van der Waals surface area contributed by atoms with E-state index < -0.39 is 0 Å². The molecule has 3 N–H and O–H groups in total. The lowest BCUT2D eigenvalue weighted by Gasteiger charge is -2.19. The van der Waals surface area contributed by atoms with Crippen molar-refractivity contribution in [3.05, 3.63) is 23.8 Å². The maximum absolute atomic E-state index is 9.24. The minimum Gasteiger partial charge on any atom is -0.493 e. The Balaban J connectivity index is 2.80. The summed E-state index contributed by atoms with van der Waals surface area (Å²) >= 11 is 0. The highest BCUT2D eigenvalue weighted by Gasteiger charge is 2.15. The van der Waals surface area contributed by atoms with Crippen LogP contribution in [0.2, 0.25) is 0 Å². The number of methoxy groups -OCH3 is 1. The summed E-state index contributed by atoms with van der Waals surface area (Å²) < 4.78 is 11.0. The van der Waals surface area contributed by atoms with Gasteiger partial charge in [-0.1, -0.05) is 19.9 Å². The molecule has 1 aromatic carbocycles. The first-order valence-corrected chi connectivity index (χ1v) is 7.27. The van der Waals surface area contributed by atoms with E-state index in [1.54, 1.807) is 7.11 Å². The van der Waals surface area contributed by atoms with Crippen molar-refractivity contribution in [2.45, 2.75) is 32.6 Å². The summed E-state index contributed by atoms with van der Waals surface area (Å²) in [5.41, 5.74) is 6.82. The van der Waals surface area contributed by atoms with Crippen LogP contribution in [0.4, 0.5) is 0 Å². The Labute approximate surface area is 121 Å². The van der Waals surface area contributed by atoms with Crippen LogP contribution in [-0.4, -0.2) is 32.0 Å². The van der Waals surface area contributed by atoms with Gasteiger partial charge in [0.2, 0.25) is 0 Å². The highest BCUT2D eigenvalue weighted by Crippen LogP contribution is 2.33. The molecule has 2 unspecified atom stereocenters. The molecule has 0 heterocycles. The van der Waals surface area contributed by atoms with Crippen LogP contribution in [0, 0.1) is 5.92 Å². The Morgan fingerprint density at radius 1 is 1.30 bits per heavy atom. The van der Waals surface area contributed by atoms with Crippen molar-refractivity contribution < 1.29 is 14.6 Å². The lowest BCUT2D eigenvalue weighted by Crippen LogP contribution is -2.20. The second-order valence-corrected chi connectivity index (χ2v) is 5.18. The molecule has 0 saturated heterocycles. The zero-order chi connectivity index (χ0) is 15.0. The molecule has 1 rings (SSSR count). The van der Waals surface area contributed by atoms with Gasteiger partial charge in [-0.05, 0) is 48.9 Å². The van der Waals surface area contributed by atoms with Crippen molar-refractivity contribution in [1.29, 1.82) is 0 Å². The standard InChI is InChI=1S/C16H27NO3/c1-4-7-20-15-6-5-14(9-16(15)19-3)12(2)8-13(10-17)11-18/h5-6,9,12-13,18H,4,7-8,10-11,17H2,1-3H3. The summed E-state index contributed by atoms with van der Waals surface area (Å²) in [5.74, 6) is 2.01. The second kappa shape index (κ2) is 8.82. The lowest BCUT2D eigenvalue weighted by molar-refractivity contribution is 0.217. The molecule has 4 nitrogen and oxygen atoms in total. The molecule has 114 valence electrons. The second-order valence-electron chi connectivity index (χ2n) is 5.18. The number of hydrogen-bond acceptors (Lipinski definition) is 4. The van der Waals surface area contributed by atoms with Crippen molar-refractivity contribution in [1.82, 2.24) is 0 Å². The normalized spacial score (nSPS) is 13.8. The molecule has 0 fully saturated rings. The topological polar surface area (TPSA) is 64.7 Å². The first kappa shape index (κ1) is 16.8. The van der Waals surface area contributed by atoms with E-state index in [1.807, 2.05) is 12.1 Å². The molecule has 0 aliphatic heterocycles. The van der Waals surface area contributed by atoms with E-state index in [0.717, 1.165) is 24.3 Å². The van der Waals surface area contributed by atoms with E-state index in [2.05, 4.69) is 19.9 Å². The van der Waals surface area contributed by atoms with Crippen molar-refractivity contribution in [3.63, 3.8) is 0 Å². The summed E-state index contributed by atoms with van der Waals surface area (Å²) in [4.78, 5) is 0. The highest BCUT2D eigenvalue weighted by atomic mass is 16.5. The molecular weight excluding hydrogens is 254 g/mol. The van der Waals surface area contributed by atoms with Gasteiger partial charge in [0, 0.05) is 6.61 Å². The number of aliphatic hydroxyl groups excluding tert-OH is 1. The van der Waals surface area contributed by atoms with Gasteiger partial charge in [-0.2, -0.15) is 0 Å². The average Bonchev–Trinajstić information content (AvgIpc) is 2.49. The van der Waals surface area contributed by atoms with E-state index in [-0.39, 0.29) is 12.5 Å². The van der Waals surface area contributed by atoms with Crippen molar-refractivity contribution in [2.24, 2.45) is 11.7 Å². The maximum Gasteiger partial charge on any atom is 0.161 e. The van der Waals surface area contributed by atoms with Crippen molar-refractivity contribution in [3.8, 4) is 11.5 Å². The number of hydrogen-bond donors (Lipinski definition) is 2. The predicted octanol–water partition coefficient (Wildman–Crippen LogP) is 2.54. The molecular formula is C16H27NO3. The number of rotatable bonds is 9. The Morgan fingerprint density at radius 3 is 2.60 bits per heavy atom. The molecule has 0 aromatic heterocycles. The van der Waals surface area contributed by atoms with Crippen LogP contribution >= 0.6 is 0 Å². The number of benzene rings is 1. The quantitative estimate of drug-likeness (QED) is 0.730. The van der Waals surface area contributed by atoms with Crippen LogP contribution in [0.15, 0.2) is 18.2 Å². The lowest BCUT2D eigenvalue weighted by atomic mass is 9.90. The highest BCUT2D eigenvalue weighted by molar-refractivity contribution is 5.43. The fraction of sp³-hybridized carbons (Fsp3) is 0.625. The molecule has 0 radical (unpaired) electrons. The third-order valence-corrected chi connectivity index (χ3v) is 3.50. The minimum atomic E-state index is 0.135. The summed E-state index contributed by atoms with van der Waals surface area (Å²) in [6.07, 6.45) is 1.83. The van der Waals surface area contributed by atoms with Crippen LogP contribution in [0.5, 0.6) is 11.5 Å². The molecule has 2 atom stereocenters. The van der Waals surface area contributed by atoms with Gasteiger partial charge in [-0.15, -0.1) is 0 Å². The van der Waals surface area contributed by atoms with E-state index in [1.165, 1.54) is 5.56 Å². The SMILES string of the molecule is CCCOc1ccc(C(C)CC(CN)CO)cc1OC. The van der Waals surface area contributed by atoms with Crippen molar-refractivity contribution >= 4 is 0 Å². The van der Waals surface area contributed by atoms with Crippen LogP contribution in [-0.2, 0) is 0 Å². The molecule has 0 bridgehead atoms. The fourth-order valence-electron chi connectivity index (χ4n) is 2.20. The van der Waals surface area contributed by atoms with Crippen molar-refractivity contribution in [2.75, 3.05) is 26.9 Å². The summed E-state index contributed by atoms with van der Waals surface area (Å²) in [6, 6.07) is 6.03.